The highest BCUT2D eigenvalue weighted by Gasteiger charge is 2.36. The van der Waals surface area contributed by atoms with Crippen molar-refractivity contribution in [1.29, 1.82) is 0 Å². The molecule has 0 aromatic heterocycles. The zero-order valence-corrected chi connectivity index (χ0v) is 15.4. The second-order valence-electron chi connectivity index (χ2n) is 7.02. The van der Waals surface area contributed by atoms with Gasteiger partial charge >= 0.3 is 0 Å². The molecule has 1 unspecified atom stereocenters. The van der Waals surface area contributed by atoms with Gasteiger partial charge in [-0.05, 0) is 25.0 Å². The van der Waals surface area contributed by atoms with Crippen LogP contribution in [0, 0.1) is 5.92 Å². The third kappa shape index (κ3) is 3.77. The molecule has 0 bridgehead atoms. The summed E-state index contributed by atoms with van der Waals surface area (Å²) in [5.41, 5.74) is 6.57. The van der Waals surface area contributed by atoms with Crippen LogP contribution in [-0.4, -0.2) is 43.7 Å². The van der Waals surface area contributed by atoms with E-state index >= 15 is 0 Å². The van der Waals surface area contributed by atoms with Gasteiger partial charge in [-0.3, -0.25) is 9.59 Å². The van der Waals surface area contributed by atoms with Crippen molar-refractivity contribution in [2.45, 2.75) is 38.6 Å². The van der Waals surface area contributed by atoms with Gasteiger partial charge in [-0.25, -0.2) is 0 Å². The van der Waals surface area contributed by atoms with E-state index in [0.717, 1.165) is 18.5 Å². The first-order chi connectivity index (χ1) is 12.5. The Morgan fingerprint density at radius 3 is 2.65 bits per heavy atom. The van der Waals surface area contributed by atoms with Crippen LogP contribution in [0.4, 0.5) is 5.69 Å². The average molecular weight is 361 g/mol. The van der Waals surface area contributed by atoms with Crippen molar-refractivity contribution >= 4 is 17.5 Å². The Hall–Kier alpha value is -2.28. The maximum absolute atomic E-state index is 12.5. The van der Waals surface area contributed by atoms with E-state index in [1.165, 1.54) is 0 Å². The second kappa shape index (κ2) is 7.53. The fourth-order valence-corrected chi connectivity index (χ4v) is 3.24. The zero-order valence-electron chi connectivity index (χ0n) is 15.4. The van der Waals surface area contributed by atoms with Crippen molar-refractivity contribution in [2.75, 3.05) is 31.2 Å². The number of amides is 2. The lowest BCUT2D eigenvalue weighted by molar-refractivity contribution is -0.126. The summed E-state index contributed by atoms with van der Waals surface area (Å²) < 4.78 is 11.1. The van der Waals surface area contributed by atoms with Crippen molar-refractivity contribution in [3.63, 3.8) is 0 Å². The van der Waals surface area contributed by atoms with Gasteiger partial charge in [-0.15, -0.1) is 0 Å². The summed E-state index contributed by atoms with van der Waals surface area (Å²) in [5.74, 6) is 0.767. The number of fused-ring (bicyclic) bond motifs is 1. The van der Waals surface area contributed by atoms with Crippen LogP contribution in [0.5, 0.6) is 11.5 Å². The Morgan fingerprint density at radius 2 is 1.96 bits per heavy atom. The number of nitrogens with two attached hydrogens (primary N) is 1. The Labute approximate surface area is 153 Å². The van der Waals surface area contributed by atoms with Crippen LogP contribution in [0.1, 0.15) is 33.1 Å². The summed E-state index contributed by atoms with van der Waals surface area (Å²) in [7, 11) is 0. The molecule has 0 saturated carbocycles. The first kappa shape index (κ1) is 18.5. The van der Waals surface area contributed by atoms with E-state index in [9.17, 15) is 9.59 Å². The van der Waals surface area contributed by atoms with Crippen LogP contribution >= 0.6 is 0 Å². The predicted molar refractivity (Wildman–Crippen MR) is 98.4 cm³/mol. The van der Waals surface area contributed by atoms with Gasteiger partial charge in [0.2, 0.25) is 11.8 Å². The van der Waals surface area contributed by atoms with Gasteiger partial charge in [0.15, 0.2) is 11.5 Å². The molecule has 7 nitrogen and oxygen atoms in total. The van der Waals surface area contributed by atoms with Crippen LogP contribution < -0.4 is 25.4 Å². The molecule has 0 aliphatic carbocycles. The third-order valence-electron chi connectivity index (χ3n) is 5.36. The maximum atomic E-state index is 12.5. The van der Waals surface area contributed by atoms with E-state index in [-0.39, 0.29) is 24.2 Å². The van der Waals surface area contributed by atoms with E-state index in [1.54, 1.807) is 17.0 Å². The van der Waals surface area contributed by atoms with E-state index in [0.29, 0.717) is 37.8 Å². The number of ether oxygens (including phenoxy) is 2. The summed E-state index contributed by atoms with van der Waals surface area (Å²) in [6, 6.07) is 5.42. The number of benzene rings is 1. The summed E-state index contributed by atoms with van der Waals surface area (Å²) >= 11 is 0. The van der Waals surface area contributed by atoms with Crippen molar-refractivity contribution in [3.05, 3.63) is 18.2 Å². The molecule has 3 rings (SSSR count). The second-order valence-corrected chi connectivity index (χ2v) is 7.02. The minimum absolute atomic E-state index is 0.0631. The topological polar surface area (TPSA) is 93.9 Å². The zero-order chi connectivity index (χ0) is 18.7. The molecule has 142 valence electrons. The van der Waals surface area contributed by atoms with Crippen LogP contribution in [0.15, 0.2) is 18.2 Å². The van der Waals surface area contributed by atoms with E-state index < -0.39 is 5.54 Å². The van der Waals surface area contributed by atoms with Crippen LogP contribution in [0.25, 0.3) is 0 Å². The number of nitrogens with zero attached hydrogens (tertiary/aromatic N) is 1. The number of carbonyl (C=O) groups is 2. The Morgan fingerprint density at radius 1 is 1.27 bits per heavy atom. The molecule has 26 heavy (non-hydrogen) atoms. The highest BCUT2D eigenvalue weighted by Crippen LogP contribution is 2.36. The molecule has 1 saturated heterocycles. The van der Waals surface area contributed by atoms with Gasteiger partial charge in [0.1, 0.15) is 13.2 Å². The van der Waals surface area contributed by atoms with Crippen LogP contribution in [0.2, 0.25) is 0 Å². The van der Waals surface area contributed by atoms with Crippen LogP contribution in [-0.2, 0) is 9.59 Å². The van der Waals surface area contributed by atoms with Crippen LogP contribution in [0.3, 0.4) is 0 Å². The molecule has 1 aromatic rings. The number of rotatable bonds is 6. The Kier molecular flexibility index (Phi) is 5.36. The average Bonchev–Trinajstić information content (AvgIpc) is 3.07. The molecule has 3 N–H and O–H groups in total. The molecule has 2 aliphatic rings. The molecular weight excluding hydrogens is 334 g/mol. The number of anilines is 1. The van der Waals surface area contributed by atoms with Crippen molar-refractivity contribution < 1.29 is 19.1 Å². The van der Waals surface area contributed by atoms with Gasteiger partial charge in [0.25, 0.3) is 0 Å². The third-order valence-corrected chi connectivity index (χ3v) is 5.36. The summed E-state index contributed by atoms with van der Waals surface area (Å²) in [6.07, 6.45) is 1.78. The van der Waals surface area contributed by atoms with Gasteiger partial charge in [-0.1, -0.05) is 13.8 Å². The molecule has 0 spiro atoms. The lowest BCUT2D eigenvalue weighted by atomic mass is 9.94. The standard InChI is InChI=1S/C19H27N3O4/c1-3-19(20,4-2)12-21-18(24)13-9-17(23)22(11-13)14-5-6-15-16(10-14)26-8-7-25-15/h5-6,10,13H,3-4,7-9,11-12,20H2,1-2H3,(H,21,24). The molecule has 2 heterocycles. The summed E-state index contributed by atoms with van der Waals surface area (Å²) in [4.78, 5) is 26.5. The fraction of sp³-hybridized carbons (Fsp3) is 0.579. The van der Waals surface area contributed by atoms with Gasteiger partial charge < -0.3 is 25.4 Å². The van der Waals surface area contributed by atoms with Gasteiger partial charge in [0.05, 0.1) is 5.92 Å². The maximum Gasteiger partial charge on any atom is 0.227 e. The lowest BCUT2D eigenvalue weighted by Gasteiger charge is -2.27. The first-order valence-electron chi connectivity index (χ1n) is 9.22. The smallest absolute Gasteiger partial charge is 0.227 e. The molecule has 0 radical (unpaired) electrons. The van der Waals surface area contributed by atoms with Crippen molar-refractivity contribution in [1.82, 2.24) is 5.32 Å². The summed E-state index contributed by atoms with van der Waals surface area (Å²) in [6.45, 7) is 5.82. The molecule has 2 aliphatic heterocycles. The highest BCUT2D eigenvalue weighted by atomic mass is 16.6. The molecule has 1 atom stereocenters. The number of hydrogen-bond donors (Lipinski definition) is 2. The van der Waals surface area contributed by atoms with E-state index in [2.05, 4.69) is 5.32 Å². The molecule has 7 heteroatoms. The van der Waals surface area contributed by atoms with Crippen molar-refractivity contribution in [3.8, 4) is 11.5 Å². The number of hydrogen-bond acceptors (Lipinski definition) is 5. The fourth-order valence-electron chi connectivity index (χ4n) is 3.24. The largest absolute Gasteiger partial charge is 0.486 e. The molecule has 2 amide bonds. The molecular formula is C19H27N3O4. The first-order valence-corrected chi connectivity index (χ1v) is 9.22. The Bertz CT molecular complexity index is 687. The number of carbonyl (C=O) groups excluding carboxylic acids is 2. The van der Waals surface area contributed by atoms with Gasteiger partial charge in [0, 0.05) is 36.8 Å². The quantitative estimate of drug-likeness (QED) is 0.800. The van der Waals surface area contributed by atoms with Crippen molar-refractivity contribution in [2.24, 2.45) is 11.7 Å². The SMILES string of the molecule is CCC(N)(CC)CNC(=O)C1CC(=O)N(c2ccc3c(c2)OCCO3)C1. The predicted octanol–water partition coefficient (Wildman–Crippen LogP) is 1.44. The van der Waals surface area contributed by atoms with E-state index in [1.807, 2.05) is 19.9 Å². The normalized spacial score (nSPS) is 19.6. The summed E-state index contributed by atoms with van der Waals surface area (Å²) in [5, 5.41) is 2.92. The molecule has 1 aromatic carbocycles. The van der Waals surface area contributed by atoms with Gasteiger partial charge in [-0.2, -0.15) is 0 Å². The lowest BCUT2D eigenvalue weighted by Crippen LogP contribution is -2.50. The number of nitrogens with one attached hydrogen (secondary N) is 1. The monoisotopic (exact) mass is 361 g/mol. The Balaban J connectivity index is 1.64. The minimum atomic E-state index is -0.395. The molecule has 1 fully saturated rings. The van der Waals surface area contributed by atoms with E-state index in [4.69, 9.17) is 15.2 Å². The minimum Gasteiger partial charge on any atom is -0.486 e. The highest BCUT2D eigenvalue weighted by molar-refractivity contribution is 6.00.